The molecule has 9 nitrogen and oxygen atoms in total. The quantitative estimate of drug-likeness (QED) is 0.209. The summed E-state index contributed by atoms with van der Waals surface area (Å²) < 4.78 is 10.3. The minimum absolute atomic E-state index is 0.0499. The van der Waals surface area contributed by atoms with Gasteiger partial charge in [-0.25, -0.2) is 4.79 Å². The Hall–Kier alpha value is -4.71. The van der Waals surface area contributed by atoms with E-state index in [1.807, 2.05) is 0 Å². The maximum atomic E-state index is 12.5. The average molecular weight is 417 g/mol. The van der Waals surface area contributed by atoms with Crippen molar-refractivity contribution in [3.8, 4) is 17.4 Å². The van der Waals surface area contributed by atoms with Crippen LogP contribution in [-0.4, -0.2) is 23.9 Å². The number of rotatable bonds is 6. The van der Waals surface area contributed by atoms with Crippen LogP contribution in [0.3, 0.4) is 0 Å². The maximum absolute atomic E-state index is 12.5. The SMILES string of the molecule is COC(=O)c1ccccc1NC(=O)/C(C#N)=C/c1ccc(-c2ccc([N+](=O)[O-])cc2)o1. The fourth-order valence-electron chi connectivity index (χ4n) is 2.69. The maximum Gasteiger partial charge on any atom is 0.339 e. The first-order chi connectivity index (χ1) is 14.9. The molecule has 1 amide bonds. The lowest BCUT2D eigenvalue weighted by Crippen LogP contribution is -2.16. The molecule has 1 heterocycles. The molecule has 3 aromatic rings. The number of furan rings is 1. The number of benzene rings is 2. The Kier molecular flexibility index (Phi) is 6.23. The lowest BCUT2D eigenvalue weighted by molar-refractivity contribution is -0.384. The number of carbonyl (C=O) groups is 2. The molecule has 9 heteroatoms. The molecule has 0 bridgehead atoms. The van der Waals surface area contributed by atoms with Gasteiger partial charge in [0.05, 0.1) is 23.3 Å². The molecule has 2 aromatic carbocycles. The van der Waals surface area contributed by atoms with Crippen LogP contribution in [0.2, 0.25) is 0 Å². The summed E-state index contributed by atoms with van der Waals surface area (Å²) in [5.74, 6) is -0.708. The van der Waals surface area contributed by atoms with Crippen LogP contribution in [0, 0.1) is 21.4 Å². The minimum Gasteiger partial charge on any atom is -0.465 e. The molecular weight excluding hydrogens is 402 g/mol. The van der Waals surface area contributed by atoms with Gasteiger partial charge in [0.1, 0.15) is 23.2 Å². The van der Waals surface area contributed by atoms with Crippen LogP contribution >= 0.6 is 0 Å². The van der Waals surface area contributed by atoms with Gasteiger partial charge in [0.25, 0.3) is 11.6 Å². The minimum atomic E-state index is -0.730. The van der Waals surface area contributed by atoms with E-state index in [0.29, 0.717) is 11.3 Å². The topological polar surface area (TPSA) is 135 Å². The van der Waals surface area contributed by atoms with Crippen molar-refractivity contribution in [1.29, 1.82) is 5.26 Å². The van der Waals surface area contributed by atoms with Crippen LogP contribution in [0.25, 0.3) is 17.4 Å². The Labute approximate surface area is 176 Å². The number of carbonyl (C=O) groups excluding carboxylic acids is 2. The number of ether oxygens (including phenoxy) is 1. The van der Waals surface area contributed by atoms with Crippen molar-refractivity contribution in [2.45, 2.75) is 0 Å². The predicted molar refractivity (Wildman–Crippen MR) is 111 cm³/mol. The summed E-state index contributed by atoms with van der Waals surface area (Å²) in [6.45, 7) is 0. The van der Waals surface area contributed by atoms with Crippen molar-refractivity contribution in [3.63, 3.8) is 0 Å². The molecule has 0 unspecified atom stereocenters. The number of esters is 1. The van der Waals surface area contributed by atoms with Crippen molar-refractivity contribution in [2.75, 3.05) is 12.4 Å². The number of nitro groups is 1. The average Bonchev–Trinajstić information content (AvgIpc) is 3.26. The molecule has 0 saturated carbocycles. The zero-order valence-electron chi connectivity index (χ0n) is 16.2. The van der Waals surface area contributed by atoms with Gasteiger partial charge < -0.3 is 14.5 Å². The summed E-state index contributed by atoms with van der Waals surface area (Å²) in [6.07, 6.45) is 1.25. The molecule has 0 atom stereocenters. The second kappa shape index (κ2) is 9.19. The third-order valence-corrected chi connectivity index (χ3v) is 4.22. The predicted octanol–water partition coefficient (Wildman–Crippen LogP) is 4.19. The van der Waals surface area contributed by atoms with E-state index in [2.05, 4.69) is 10.1 Å². The zero-order chi connectivity index (χ0) is 22.4. The number of nitro benzene ring substituents is 1. The van der Waals surface area contributed by atoms with Gasteiger partial charge in [-0.1, -0.05) is 12.1 Å². The molecule has 0 aliphatic rings. The lowest BCUT2D eigenvalue weighted by atomic mass is 10.1. The number of hydrogen-bond donors (Lipinski definition) is 1. The van der Waals surface area contributed by atoms with Gasteiger partial charge in [0, 0.05) is 23.8 Å². The molecule has 0 saturated heterocycles. The Morgan fingerprint density at radius 2 is 1.84 bits per heavy atom. The van der Waals surface area contributed by atoms with E-state index in [1.165, 1.54) is 49.6 Å². The zero-order valence-corrected chi connectivity index (χ0v) is 16.2. The molecule has 0 radical (unpaired) electrons. The summed E-state index contributed by atoms with van der Waals surface area (Å²) in [6, 6.07) is 17.0. The Bertz CT molecular complexity index is 1220. The summed E-state index contributed by atoms with van der Waals surface area (Å²) in [5, 5.41) is 22.7. The fourth-order valence-corrected chi connectivity index (χ4v) is 2.69. The molecule has 0 fully saturated rings. The molecule has 0 aliphatic carbocycles. The first kappa shape index (κ1) is 21.0. The summed E-state index contributed by atoms with van der Waals surface area (Å²) in [4.78, 5) is 34.6. The molecule has 154 valence electrons. The Morgan fingerprint density at radius 3 is 2.48 bits per heavy atom. The summed E-state index contributed by atoms with van der Waals surface area (Å²) in [5.41, 5.74) is 0.649. The van der Waals surface area contributed by atoms with Crippen LogP contribution < -0.4 is 5.32 Å². The summed E-state index contributed by atoms with van der Waals surface area (Å²) >= 11 is 0. The second-order valence-corrected chi connectivity index (χ2v) is 6.17. The van der Waals surface area contributed by atoms with Crippen LogP contribution in [0.15, 0.2) is 70.7 Å². The van der Waals surface area contributed by atoms with Gasteiger partial charge >= 0.3 is 5.97 Å². The largest absolute Gasteiger partial charge is 0.465 e. The first-order valence-corrected chi connectivity index (χ1v) is 8.88. The molecule has 1 N–H and O–H groups in total. The van der Waals surface area contributed by atoms with Crippen LogP contribution in [0.1, 0.15) is 16.1 Å². The number of para-hydroxylation sites is 1. The van der Waals surface area contributed by atoms with E-state index in [0.717, 1.165) is 0 Å². The number of non-ortho nitro benzene ring substituents is 1. The number of methoxy groups -OCH3 is 1. The second-order valence-electron chi connectivity index (χ2n) is 6.17. The first-order valence-electron chi connectivity index (χ1n) is 8.88. The molecule has 3 rings (SSSR count). The highest BCUT2D eigenvalue weighted by molar-refractivity contribution is 6.11. The van der Waals surface area contributed by atoms with Crippen LogP contribution in [0.4, 0.5) is 11.4 Å². The van der Waals surface area contributed by atoms with E-state index in [1.54, 1.807) is 30.3 Å². The normalized spacial score (nSPS) is 10.8. The molecular formula is C22H15N3O6. The Morgan fingerprint density at radius 1 is 1.13 bits per heavy atom. The highest BCUT2D eigenvalue weighted by Gasteiger charge is 2.16. The van der Waals surface area contributed by atoms with E-state index in [-0.39, 0.29) is 28.3 Å². The van der Waals surface area contributed by atoms with Gasteiger partial charge in [-0.15, -0.1) is 0 Å². The fraction of sp³-hybridized carbons (Fsp3) is 0.0455. The third kappa shape index (κ3) is 4.83. The van der Waals surface area contributed by atoms with Crippen molar-refractivity contribution in [1.82, 2.24) is 0 Å². The van der Waals surface area contributed by atoms with Gasteiger partial charge in [0.15, 0.2) is 0 Å². The summed E-state index contributed by atoms with van der Waals surface area (Å²) in [7, 11) is 1.22. The number of nitriles is 1. The van der Waals surface area contributed by atoms with Crippen molar-refractivity contribution in [2.24, 2.45) is 0 Å². The Balaban J connectivity index is 1.81. The number of anilines is 1. The van der Waals surface area contributed by atoms with Crippen molar-refractivity contribution in [3.05, 3.63) is 87.7 Å². The van der Waals surface area contributed by atoms with Gasteiger partial charge in [-0.05, 0) is 36.4 Å². The van der Waals surface area contributed by atoms with E-state index in [4.69, 9.17) is 4.42 Å². The molecule has 0 spiro atoms. The number of nitrogens with zero attached hydrogens (tertiary/aromatic N) is 2. The van der Waals surface area contributed by atoms with E-state index < -0.39 is 16.8 Å². The molecule has 0 aliphatic heterocycles. The van der Waals surface area contributed by atoms with Crippen molar-refractivity contribution < 1.29 is 23.7 Å². The number of nitrogens with one attached hydrogen (secondary N) is 1. The standard InChI is InChI=1S/C22H15N3O6/c1-30-22(27)18-4-2-3-5-19(18)24-21(26)15(13-23)12-17-10-11-20(31-17)14-6-8-16(9-7-14)25(28)29/h2-12H,1H3,(H,24,26)/b15-12+. The molecule has 31 heavy (non-hydrogen) atoms. The van der Waals surface area contributed by atoms with Crippen LogP contribution in [-0.2, 0) is 9.53 Å². The lowest BCUT2D eigenvalue weighted by Gasteiger charge is -2.08. The highest BCUT2D eigenvalue weighted by atomic mass is 16.6. The van der Waals surface area contributed by atoms with E-state index in [9.17, 15) is 25.0 Å². The van der Waals surface area contributed by atoms with Gasteiger partial charge in [0.2, 0.25) is 0 Å². The number of hydrogen-bond acceptors (Lipinski definition) is 7. The monoisotopic (exact) mass is 417 g/mol. The smallest absolute Gasteiger partial charge is 0.339 e. The van der Waals surface area contributed by atoms with Crippen LogP contribution in [0.5, 0.6) is 0 Å². The van der Waals surface area contributed by atoms with Gasteiger partial charge in [-0.2, -0.15) is 5.26 Å². The van der Waals surface area contributed by atoms with Crippen molar-refractivity contribution >= 4 is 29.3 Å². The highest BCUT2D eigenvalue weighted by Crippen LogP contribution is 2.26. The number of amides is 1. The molecule has 1 aromatic heterocycles. The van der Waals surface area contributed by atoms with E-state index >= 15 is 0 Å². The van der Waals surface area contributed by atoms with Gasteiger partial charge in [-0.3, -0.25) is 14.9 Å². The third-order valence-electron chi connectivity index (χ3n) is 4.22.